The van der Waals surface area contributed by atoms with E-state index in [1.807, 2.05) is 0 Å². The Morgan fingerprint density at radius 3 is 2.80 bits per heavy atom. The quantitative estimate of drug-likeness (QED) is 0.756. The smallest absolute Gasteiger partial charge is 0.225 e. The summed E-state index contributed by atoms with van der Waals surface area (Å²) in [7, 11) is 1.62. The number of nitrogens with zero attached hydrogens (tertiary/aromatic N) is 3. The van der Waals surface area contributed by atoms with E-state index in [2.05, 4.69) is 27.1 Å². The largest absolute Gasteiger partial charge is 0.494 e. The zero-order valence-electron chi connectivity index (χ0n) is 9.10. The fraction of sp³-hybridized carbons (Fsp3) is 0.600. The lowest BCUT2D eigenvalue weighted by Gasteiger charge is -2.31. The van der Waals surface area contributed by atoms with Gasteiger partial charge >= 0.3 is 0 Å². The predicted molar refractivity (Wildman–Crippen MR) is 58.3 cm³/mol. The van der Waals surface area contributed by atoms with E-state index in [1.165, 1.54) is 0 Å². The molecule has 2 rings (SSSR count). The molecule has 5 nitrogen and oxygen atoms in total. The molecule has 0 amide bonds. The molecule has 0 spiro atoms. The summed E-state index contributed by atoms with van der Waals surface area (Å²) in [6.07, 6.45) is 3.41. The topological polar surface area (TPSA) is 50.3 Å². The zero-order chi connectivity index (χ0) is 10.7. The first-order chi connectivity index (χ1) is 7.29. The van der Waals surface area contributed by atoms with Crippen molar-refractivity contribution in [1.29, 1.82) is 0 Å². The molecule has 5 heteroatoms. The highest BCUT2D eigenvalue weighted by molar-refractivity contribution is 5.32. The number of hydrogen-bond acceptors (Lipinski definition) is 5. The van der Waals surface area contributed by atoms with Gasteiger partial charge in [0.2, 0.25) is 5.95 Å². The average molecular weight is 208 g/mol. The van der Waals surface area contributed by atoms with Gasteiger partial charge < -0.3 is 15.0 Å². The van der Waals surface area contributed by atoms with Crippen molar-refractivity contribution in [3.8, 4) is 5.75 Å². The van der Waals surface area contributed by atoms with Crippen molar-refractivity contribution in [3.05, 3.63) is 12.4 Å². The van der Waals surface area contributed by atoms with Crippen molar-refractivity contribution in [2.24, 2.45) is 0 Å². The summed E-state index contributed by atoms with van der Waals surface area (Å²) in [6, 6.07) is 0.490. The van der Waals surface area contributed by atoms with Gasteiger partial charge in [0.1, 0.15) is 0 Å². The van der Waals surface area contributed by atoms with E-state index in [-0.39, 0.29) is 0 Å². The summed E-state index contributed by atoms with van der Waals surface area (Å²) in [6.45, 7) is 5.05. The molecule has 1 aliphatic heterocycles. The van der Waals surface area contributed by atoms with Crippen LogP contribution in [-0.4, -0.2) is 42.8 Å². The lowest BCUT2D eigenvalue weighted by atomic mass is 10.2. The predicted octanol–water partition coefficient (Wildman–Crippen LogP) is 0.283. The van der Waals surface area contributed by atoms with E-state index in [1.54, 1.807) is 19.5 Å². The maximum atomic E-state index is 5.02. The van der Waals surface area contributed by atoms with E-state index < -0.39 is 0 Å². The van der Waals surface area contributed by atoms with Crippen LogP contribution in [0.4, 0.5) is 5.95 Å². The van der Waals surface area contributed by atoms with Crippen LogP contribution in [-0.2, 0) is 0 Å². The van der Waals surface area contributed by atoms with Gasteiger partial charge in [-0.05, 0) is 6.92 Å². The summed E-state index contributed by atoms with van der Waals surface area (Å²) in [4.78, 5) is 10.7. The molecule has 0 saturated carbocycles. The third kappa shape index (κ3) is 2.36. The Balaban J connectivity index is 2.07. The molecule has 1 saturated heterocycles. The van der Waals surface area contributed by atoms with Crippen LogP contribution in [0.5, 0.6) is 5.75 Å². The number of aromatic nitrogens is 2. The maximum absolute atomic E-state index is 5.02. The van der Waals surface area contributed by atoms with Crippen LogP contribution in [0, 0.1) is 0 Å². The van der Waals surface area contributed by atoms with Crippen LogP contribution in [0.2, 0.25) is 0 Å². The van der Waals surface area contributed by atoms with E-state index >= 15 is 0 Å². The first-order valence-electron chi connectivity index (χ1n) is 5.14. The highest BCUT2D eigenvalue weighted by atomic mass is 16.5. The highest BCUT2D eigenvalue weighted by Gasteiger charge is 2.17. The zero-order valence-corrected chi connectivity index (χ0v) is 9.10. The Morgan fingerprint density at radius 1 is 1.47 bits per heavy atom. The van der Waals surface area contributed by atoms with E-state index in [0.29, 0.717) is 11.8 Å². The second kappa shape index (κ2) is 4.44. The number of piperazine rings is 1. The summed E-state index contributed by atoms with van der Waals surface area (Å²) in [5.74, 6) is 1.48. The average Bonchev–Trinajstić information content (AvgIpc) is 2.29. The number of hydrogen-bond donors (Lipinski definition) is 1. The Hall–Kier alpha value is -1.36. The Kier molecular flexibility index (Phi) is 3.01. The molecule has 2 heterocycles. The monoisotopic (exact) mass is 208 g/mol. The third-order valence-electron chi connectivity index (χ3n) is 2.50. The van der Waals surface area contributed by atoms with Gasteiger partial charge in [-0.1, -0.05) is 0 Å². The maximum Gasteiger partial charge on any atom is 0.225 e. The van der Waals surface area contributed by atoms with Crippen molar-refractivity contribution >= 4 is 5.95 Å². The molecular weight excluding hydrogens is 192 g/mol. The number of rotatable bonds is 2. The van der Waals surface area contributed by atoms with Crippen LogP contribution < -0.4 is 15.0 Å². The van der Waals surface area contributed by atoms with Gasteiger partial charge in [0.25, 0.3) is 0 Å². The second-order valence-corrected chi connectivity index (χ2v) is 3.72. The molecule has 0 unspecified atom stereocenters. The van der Waals surface area contributed by atoms with Crippen LogP contribution >= 0.6 is 0 Å². The molecule has 1 aromatic rings. The molecule has 1 aromatic heterocycles. The molecular formula is C10H16N4O. The molecule has 1 fully saturated rings. The summed E-state index contributed by atoms with van der Waals surface area (Å²) >= 11 is 0. The van der Waals surface area contributed by atoms with Gasteiger partial charge in [-0.2, -0.15) is 0 Å². The molecule has 0 bridgehead atoms. The SMILES string of the molecule is COc1cnc(N2CCN[C@@H](C)C2)nc1. The second-order valence-electron chi connectivity index (χ2n) is 3.72. The van der Waals surface area contributed by atoms with Crippen molar-refractivity contribution in [2.75, 3.05) is 31.6 Å². The summed E-state index contributed by atoms with van der Waals surface area (Å²) < 4.78 is 5.02. The van der Waals surface area contributed by atoms with Crippen LogP contribution in [0.25, 0.3) is 0 Å². The fourth-order valence-electron chi connectivity index (χ4n) is 1.69. The molecule has 82 valence electrons. The van der Waals surface area contributed by atoms with Gasteiger partial charge in [-0.25, -0.2) is 9.97 Å². The summed E-state index contributed by atoms with van der Waals surface area (Å²) in [5.41, 5.74) is 0. The van der Waals surface area contributed by atoms with Crippen LogP contribution in [0.3, 0.4) is 0 Å². The molecule has 0 radical (unpaired) electrons. The highest BCUT2D eigenvalue weighted by Crippen LogP contribution is 2.12. The minimum absolute atomic E-state index is 0.490. The Labute approximate surface area is 89.5 Å². The number of ether oxygens (including phenoxy) is 1. The molecule has 15 heavy (non-hydrogen) atoms. The standard InChI is InChI=1S/C10H16N4O/c1-8-7-14(4-3-11-8)10-12-5-9(15-2)6-13-10/h5-6,8,11H,3-4,7H2,1-2H3/t8-/m0/s1. The van der Waals surface area contributed by atoms with Gasteiger partial charge in [0.15, 0.2) is 5.75 Å². The first kappa shape index (κ1) is 10.2. The molecule has 1 aliphatic rings. The Bertz CT molecular complexity index is 314. The van der Waals surface area contributed by atoms with Crippen molar-refractivity contribution < 1.29 is 4.74 Å². The van der Waals surface area contributed by atoms with Crippen LogP contribution in [0.1, 0.15) is 6.92 Å². The fourth-order valence-corrected chi connectivity index (χ4v) is 1.69. The van der Waals surface area contributed by atoms with Gasteiger partial charge in [0, 0.05) is 25.7 Å². The normalized spacial score (nSPS) is 21.5. The van der Waals surface area contributed by atoms with E-state index in [4.69, 9.17) is 4.74 Å². The number of methoxy groups -OCH3 is 1. The number of nitrogens with one attached hydrogen (secondary N) is 1. The van der Waals surface area contributed by atoms with Crippen molar-refractivity contribution in [2.45, 2.75) is 13.0 Å². The van der Waals surface area contributed by atoms with Crippen molar-refractivity contribution in [3.63, 3.8) is 0 Å². The first-order valence-corrected chi connectivity index (χ1v) is 5.14. The lowest BCUT2D eigenvalue weighted by molar-refractivity contribution is 0.410. The Morgan fingerprint density at radius 2 is 2.20 bits per heavy atom. The van der Waals surface area contributed by atoms with Crippen molar-refractivity contribution in [1.82, 2.24) is 15.3 Å². The van der Waals surface area contributed by atoms with E-state index in [9.17, 15) is 0 Å². The minimum atomic E-state index is 0.490. The van der Waals surface area contributed by atoms with Gasteiger partial charge in [-0.15, -0.1) is 0 Å². The lowest BCUT2D eigenvalue weighted by Crippen LogP contribution is -2.49. The number of anilines is 1. The molecule has 1 atom stereocenters. The molecule has 1 N–H and O–H groups in total. The van der Waals surface area contributed by atoms with Gasteiger partial charge in [-0.3, -0.25) is 0 Å². The minimum Gasteiger partial charge on any atom is -0.494 e. The third-order valence-corrected chi connectivity index (χ3v) is 2.50. The van der Waals surface area contributed by atoms with E-state index in [0.717, 1.165) is 25.6 Å². The van der Waals surface area contributed by atoms with Crippen LogP contribution in [0.15, 0.2) is 12.4 Å². The molecule has 0 aliphatic carbocycles. The summed E-state index contributed by atoms with van der Waals surface area (Å²) in [5, 5.41) is 3.38. The molecule has 0 aromatic carbocycles. The van der Waals surface area contributed by atoms with Gasteiger partial charge in [0.05, 0.1) is 19.5 Å².